The minimum absolute atomic E-state index is 0.268. The Balaban J connectivity index is 3.17. The van der Waals surface area contributed by atoms with E-state index in [0.717, 1.165) is 0 Å². The van der Waals surface area contributed by atoms with Crippen molar-refractivity contribution < 1.29 is 0 Å². The average molecular weight is 211 g/mol. The van der Waals surface area contributed by atoms with E-state index in [0.29, 0.717) is 0 Å². The molecule has 16 heavy (non-hydrogen) atoms. The molecule has 0 saturated carbocycles. The molecule has 1 aromatic rings. The predicted octanol–water partition coefficient (Wildman–Crippen LogP) is 2.69. The van der Waals surface area contributed by atoms with Crippen LogP contribution in [0.3, 0.4) is 0 Å². The summed E-state index contributed by atoms with van der Waals surface area (Å²) in [7, 11) is 0. The molecule has 1 aromatic heterocycles. The maximum atomic E-state index is 11.1. The Morgan fingerprint density at radius 3 is 1.62 bits per heavy atom. The van der Waals surface area contributed by atoms with Gasteiger partial charge >= 0.3 is 0 Å². The minimum Gasteiger partial charge on any atom is -0.267 e. The summed E-state index contributed by atoms with van der Waals surface area (Å²) in [4.78, 5) is 14.8. The lowest BCUT2D eigenvalue weighted by molar-refractivity contribution is 1.26. The fourth-order valence-electron chi connectivity index (χ4n) is 0.924. The Bertz CT molecular complexity index is 440. The standard InChI is InChI=1S/C14H13NO/c16-14-12-10-8-6-4-2-1-3-5-7-9-11-13-15-14/h1-13H. The molecule has 0 aliphatic carbocycles. The summed E-state index contributed by atoms with van der Waals surface area (Å²) in [6, 6.07) is 21.6. The Hall–Kier alpha value is -2.22. The van der Waals surface area contributed by atoms with Gasteiger partial charge in [0, 0.05) is 12.3 Å². The first-order valence-corrected chi connectivity index (χ1v) is 4.97. The monoisotopic (exact) mass is 211 g/mol. The van der Waals surface area contributed by atoms with Crippen molar-refractivity contribution >= 4 is 0 Å². The molecular weight excluding hydrogens is 198 g/mol. The summed E-state index contributed by atoms with van der Waals surface area (Å²) >= 11 is 0. The molecule has 0 aromatic carbocycles. The van der Waals surface area contributed by atoms with Gasteiger partial charge < -0.3 is 0 Å². The molecule has 0 aliphatic heterocycles. The molecule has 2 heteroatoms. The third kappa shape index (κ3) is 6.27. The second-order valence-corrected chi connectivity index (χ2v) is 2.90. The number of hydrogen-bond acceptors (Lipinski definition) is 2. The van der Waals surface area contributed by atoms with Crippen LogP contribution in [0.15, 0.2) is 83.8 Å². The highest BCUT2D eigenvalue weighted by Gasteiger charge is 1.68. The zero-order valence-corrected chi connectivity index (χ0v) is 8.86. The summed E-state index contributed by atoms with van der Waals surface area (Å²) in [5, 5.41) is 0. The Labute approximate surface area is 94.9 Å². The third-order valence-electron chi connectivity index (χ3n) is 1.64. The van der Waals surface area contributed by atoms with Crippen LogP contribution in [0.4, 0.5) is 0 Å². The SMILES string of the molecule is O=c1cccccccccccccn1. The number of nitrogens with zero attached hydrogens (tertiary/aromatic N) is 1. The highest BCUT2D eigenvalue weighted by Crippen LogP contribution is 1.77. The highest BCUT2D eigenvalue weighted by atomic mass is 16.1. The first-order valence-electron chi connectivity index (χ1n) is 4.97. The van der Waals surface area contributed by atoms with Gasteiger partial charge in [0.15, 0.2) is 0 Å². The van der Waals surface area contributed by atoms with Crippen LogP contribution in [-0.4, -0.2) is 4.98 Å². The fourth-order valence-corrected chi connectivity index (χ4v) is 0.924. The summed E-state index contributed by atoms with van der Waals surface area (Å²) in [5.74, 6) is 0. The van der Waals surface area contributed by atoms with Gasteiger partial charge in [0.25, 0.3) is 5.56 Å². The van der Waals surface area contributed by atoms with Gasteiger partial charge in [0.2, 0.25) is 0 Å². The van der Waals surface area contributed by atoms with E-state index in [4.69, 9.17) is 0 Å². The van der Waals surface area contributed by atoms with Crippen LogP contribution in [0, 0.1) is 0 Å². The molecule has 0 radical (unpaired) electrons. The quantitative estimate of drug-likeness (QED) is 0.660. The number of aromatic nitrogens is 1. The molecule has 0 aliphatic rings. The summed E-state index contributed by atoms with van der Waals surface area (Å²) in [6.07, 6.45) is 1.47. The highest BCUT2D eigenvalue weighted by molar-refractivity contribution is 4.97. The van der Waals surface area contributed by atoms with Crippen LogP contribution in [-0.2, 0) is 0 Å². The molecule has 2 nitrogen and oxygen atoms in total. The molecule has 0 spiro atoms. The van der Waals surface area contributed by atoms with Gasteiger partial charge in [0.05, 0.1) is 0 Å². The fraction of sp³-hybridized carbons (Fsp3) is 0. The van der Waals surface area contributed by atoms with E-state index in [2.05, 4.69) is 4.98 Å². The topological polar surface area (TPSA) is 30.0 Å². The van der Waals surface area contributed by atoms with Gasteiger partial charge in [-0.3, -0.25) is 4.79 Å². The normalized spacial score (nSPS) is 8.25. The van der Waals surface area contributed by atoms with E-state index in [1.807, 2.05) is 48.5 Å². The van der Waals surface area contributed by atoms with Crippen LogP contribution in [0.2, 0.25) is 0 Å². The van der Waals surface area contributed by atoms with E-state index in [1.165, 1.54) is 12.3 Å². The maximum absolute atomic E-state index is 11.1. The van der Waals surface area contributed by atoms with Crippen molar-refractivity contribution in [2.24, 2.45) is 0 Å². The van der Waals surface area contributed by atoms with Crippen molar-refractivity contribution in [2.75, 3.05) is 0 Å². The summed E-state index contributed by atoms with van der Waals surface area (Å²) in [5.41, 5.74) is -0.268. The van der Waals surface area contributed by atoms with E-state index < -0.39 is 0 Å². The molecule has 0 fully saturated rings. The molecule has 1 heterocycles. The Morgan fingerprint density at radius 2 is 1.06 bits per heavy atom. The lowest BCUT2D eigenvalue weighted by Gasteiger charge is -1.66. The Morgan fingerprint density at radius 1 is 0.625 bits per heavy atom. The third-order valence-corrected chi connectivity index (χ3v) is 1.64. The van der Waals surface area contributed by atoms with E-state index >= 15 is 0 Å². The second kappa shape index (κ2) is 8.12. The Kier molecular flexibility index (Phi) is 6.01. The van der Waals surface area contributed by atoms with Crippen LogP contribution in [0.25, 0.3) is 0 Å². The smallest absolute Gasteiger partial charge is 0.267 e. The molecule has 0 unspecified atom stereocenters. The summed E-state index contributed by atoms with van der Waals surface area (Å²) < 4.78 is 0. The van der Waals surface area contributed by atoms with Crippen molar-refractivity contribution in [1.82, 2.24) is 4.98 Å². The molecule has 0 amide bonds. The van der Waals surface area contributed by atoms with Gasteiger partial charge in [-0.05, 0) is 6.07 Å². The first kappa shape index (κ1) is 11.9. The van der Waals surface area contributed by atoms with Crippen LogP contribution < -0.4 is 5.56 Å². The van der Waals surface area contributed by atoms with Crippen molar-refractivity contribution in [1.29, 1.82) is 0 Å². The van der Waals surface area contributed by atoms with Crippen LogP contribution >= 0.6 is 0 Å². The average Bonchev–Trinajstić information content (AvgIpc) is 2.29. The van der Waals surface area contributed by atoms with Gasteiger partial charge in [-0.2, -0.15) is 0 Å². The second-order valence-electron chi connectivity index (χ2n) is 2.90. The van der Waals surface area contributed by atoms with Crippen molar-refractivity contribution in [2.45, 2.75) is 0 Å². The van der Waals surface area contributed by atoms with Crippen LogP contribution in [0.5, 0.6) is 0 Å². The molecule has 0 atom stereocenters. The maximum Gasteiger partial charge on any atom is 0.269 e. The molecule has 1 rings (SSSR count). The van der Waals surface area contributed by atoms with Gasteiger partial charge in [-0.25, -0.2) is 4.98 Å². The van der Waals surface area contributed by atoms with Crippen molar-refractivity contribution in [3.8, 4) is 0 Å². The lowest BCUT2D eigenvalue weighted by atomic mass is 10.4. The first-order chi connectivity index (χ1) is 7.89. The summed E-state index contributed by atoms with van der Waals surface area (Å²) in [6.45, 7) is 0. The van der Waals surface area contributed by atoms with Gasteiger partial charge in [-0.1, -0.05) is 60.7 Å². The molecule has 0 bridgehead atoms. The van der Waals surface area contributed by atoms with Gasteiger partial charge in [0.1, 0.15) is 0 Å². The van der Waals surface area contributed by atoms with E-state index in [-0.39, 0.29) is 5.56 Å². The molecule has 0 saturated heterocycles. The van der Waals surface area contributed by atoms with Gasteiger partial charge in [-0.15, -0.1) is 0 Å². The van der Waals surface area contributed by atoms with E-state index in [9.17, 15) is 4.79 Å². The van der Waals surface area contributed by atoms with E-state index in [1.54, 1.807) is 18.2 Å². The number of rotatable bonds is 0. The minimum atomic E-state index is -0.268. The molecule has 0 N–H and O–H groups in total. The largest absolute Gasteiger partial charge is 0.269 e. The predicted molar refractivity (Wildman–Crippen MR) is 65.8 cm³/mol. The zero-order valence-electron chi connectivity index (χ0n) is 8.86. The molecule has 80 valence electrons. The van der Waals surface area contributed by atoms with Crippen molar-refractivity contribution in [3.63, 3.8) is 0 Å². The zero-order chi connectivity index (χ0) is 11.5. The molecular formula is C14H13NO. The van der Waals surface area contributed by atoms with Crippen molar-refractivity contribution in [3.05, 3.63) is 89.3 Å². The van der Waals surface area contributed by atoms with Crippen LogP contribution in [0.1, 0.15) is 0 Å². The number of hydrogen-bond donors (Lipinski definition) is 0. The lowest BCUT2D eigenvalue weighted by Crippen LogP contribution is -1.96.